The van der Waals surface area contributed by atoms with Gasteiger partial charge in [-0.3, -0.25) is 4.79 Å². The van der Waals surface area contributed by atoms with E-state index in [1.165, 1.54) is 11.8 Å². The van der Waals surface area contributed by atoms with Gasteiger partial charge in [0.15, 0.2) is 10.1 Å². The van der Waals surface area contributed by atoms with Gasteiger partial charge >= 0.3 is 0 Å². The summed E-state index contributed by atoms with van der Waals surface area (Å²) in [5, 5.41) is 10.2. The number of carbonyl (C=O) groups excluding carboxylic acids is 1. The highest BCUT2D eigenvalue weighted by Gasteiger charge is 2.24. The van der Waals surface area contributed by atoms with E-state index in [0.29, 0.717) is 0 Å². The van der Waals surface area contributed by atoms with Crippen molar-refractivity contribution in [3.8, 4) is 0 Å². The van der Waals surface area contributed by atoms with Crippen molar-refractivity contribution in [1.29, 1.82) is 0 Å². The number of aromatic nitrogens is 3. The minimum Gasteiger partial charge on any atom is -0.378 e. The number of rotatable bonds is 5. The van der Waals surface area contributed by atoms with E-state index in [9.17, 15) is 4.79 Å². The van der Waals surface area contributed by atoms with E-state index >= 15 is 0 Å². The number of thioether (sulfide) groups is 1. The lowest BCUT2D eigenvalue weighted by Gasteiger charge is -2.25. The van der Waals surface area contributed by atoms with E-state index < -0.39 is 0 Å². The number of anilines is 1. The van der Waals surface area contributed by atoms with E-state index in [2.05, 4.69) is 20.1 Å². The first kappa shape index (κ1) is 17.5. The number of H-pyrrole nitrogens is 1. The quantitative estimate of drug-likeness (QED) is 0.533. The van der Waals surface area contributed by atoms with Crippen LogP contribution in [0.15, 0.2) is 28.6 Å². The Kier molecular flexibility index (Phi) is 4.97. The molecule has 0 unspecified atom stereocenters. The van der Waals surface area contributed by atoms with Gasteiger partial charge in [0.05, 0.1) is 18.5 Å². The molecule has 3 heterocycles. The predicted octanol–water partition coefficient (Wildman–Crippen LogP) is 3.53. The molecule has 0 bridgehead atoms. The summed E-state index contributed by atoms with van der Waals surface area (Å²) in [5.74, 6) is 0.119. The van der Waals surface area contributed by atoms with Gasteiger partial charge in [-0.05, 0) is 19.9 Å². The Balaban J connectivity index is 1.51. The molecule has 6 nitrogen and oxygen atoms in total. The lowest BCUT2D eigenvalue weighted by molar-refractivity contribution is 0.0995. The number of hydrogen-bond acceptors (Lipinski definition) is 7. The van der Waals surface area contributed by atoms with Crippen molar-refractivity contribution in [2.75, 3.05) is 31.2 Å². The number of carbonyl (C=O) groups is 1. The molecule has 1 aliphatic heterocycles. The largest absolute Gasteiger partial charge is 0.378 e. The van der Waals surface area contributed by atoms with E-state index in [4.69, 9.17) is 4.74 Å². The number of ketones is 1. The first-order valence-electron chi connectivity index (χ1n) is 8.58. The Morgan fingerprint density at radius 1 is 1.31 bits per heavy atom. The van der Waals surface area contributed by atoms with Gasteiger partial charge in [-0.15, -0.1) is 10.2 Å². The number of nitrogens with one attached hydrogen (secondary N) is 1. The molecule has 0 saturated carbocycles. The van der Waals surface area contributed by atoms with Gasteiger partial charge in [0.1, 0.15) is 0 Å². The van der Waals surface area contributed by atoms with E-state index in [1.54, 1.807) is 11.3 Å². The second-order valence-electron chi connectivity index (χ2n) is 6.24. The summed E-state index contributed by atoms with van der Waals surface area (Å²) in [5.41, 5.74) is 2.68. The molecule has 0 radical (unpaired) electrons. The number of Topliss-reactive ketones (excluding diaryl/α,β-unsaturated/α-hetero) is 1. The summed E-state index contributed by atoms with van der Waals surface area (Å²) in [6, 6.07) is 7.92. The van der Waals surface area contributed by atoms with Crippen LogP contribution in [0.1, 0.15) is 23.0 Å². The van der Waals surface area contributed by atoms with Crippen molar-refractivity contribution in [2.45, 2.75) is 23.4 Å². The van der Waals surface area contributed by atoms with Gasteiger partial charge in [0.2, 0.25) is 5.13 Å². The van der Waals surface area contributed by atoms with Crippen molar-refractivity contribution in [3.05, 3.63) is 35.5 Å². The molecule has 1 aliphatic rings. The van der Waals surface area contributed by atoms with Gasteiger partial charge in [-0.2, -0.15) is 0 Å². The number of ether oxygens (including phenoxy) is 1. The Morgan fingerprint density at radius 2 is 2.08 bits per heavy atom. The van der Waals surface area contributed by atoms with Crippen LogP contribution in [0.2, 0.25) is 0 Å². The molecule has 26 heavy (non-hydrogen) atoms. The normalized spacial score (nSPS) is 16.2. The van der Waals surface area contributed by atoms with Crippen LogP contribution in [-0.4, -0.2) is 52.5 Å². The van der Waals surface area contributed by atoms with Gasteiger partial charge in [0, 0.05) is 35.2 Å². The average Bonchev–Trinajstić information content (AvgIpc) is 3.25. The number of aryl methyl sites for hydroxylation is 1. The highest BCUT2D eigenvalue weighted by atomic mass is 32.2. The second-order valence-corrected chi connectivity index (χ2v) is 8.79. The Hall–Kier alpha value is -1.90. The summed E-state index contributed by atoms with van der Waals surface area (Å²) < 4.78 is 6.20. The SMILES string of the molecule is Cc1[nH]c2ccccc2c1C(=O)[C@H](C)Sc1nnc(N2CCOCC2)s1. The van der Waals surface area contributed by atoms with Crippen LogP contribution in [0.25, 0.3) is 10.9 Å². The van der Waals surface area contributed by atoms with Gasteiger partial charge < -0.3 is 14.6 Å². The molecule has 1 fully saturated rings. The smallest absolute Gasteiger partial charge is 0.209 e. The maximum absolute atomic E-state index is 13.0. The summed E-state index contributed by atoms with van der Waals surface area (Å²) in [7, 11) is 0. The van der Waals surface area contributed by atoms with E-state index in [0.717, 1.165) is 57.9 Å². The third kappa shape index (κ3) is 3.36. The second kappa shape index (κ2) is 7.38. The van der Waals surface area contributed by atoms with Crippen LogP contribution in [0.5, 0.6) is 0 Å². The monoisotopic (exact) mass is 388 g/mol. The van der Waals surface area contributed by atoms with Crippen LogP contribution in [0.3, 0.4) is 0 Å². The molecule has 2 aromatic heterocycles. The zero-order chi connectivity index (χ0) is 18.1. The minimum atomic E-state index is -0.224. The topological polar surface area (TPSA) is 71.1 Å². The fourth-order valence-corrected chi connectivity index (χ4v) is 5.23. The number of nitrogens with zero attached hydrogens (tertiary/aromatic N) is 3. The molecule has 0 aliphatic carbocycles. The lowest BCUT2D eigenvalue weighted by Crippen LogP contribution is -2.36. The zero-order valence-electron chi connectivity index (χ0n) is 14.7. The van der Waals surface area contributed by atoms with Gasteiger partial charge in [0.25, 0.3) is 0 Å². The Bertz CT molecular complexity index is 930. The number of para-hydroxylation sites is 1. The first-order valence-corrected chi connectivity index (χ1v) is 10.3. The molecule has 3 aromatic rings. The molecule has 1 atom stereocenters. The van der Waals surface area contributed by atoms with Crippen LogP contribution < -0.4 is 4.90 Å². The summed E-state index contributed by atoms with van der Waals surface area (Å²) in [6.45, 7) is 6.99. The molecule has 1 saturated heterocycles. The molecule has 1 N–H and O–H groups in total. The summed E-state index contributed by atoms with van der Waals surface area (Å²) >= 11 is 3.02. The molecular weight excluding hydrogens is 368 g/mol. The fraction of sp³-hybridized carbons (Fsp3) is 0.389. The number of fused-ring (bicyclic) bond motifs is 1. The molecule has 4 rings (SSSR count). The molecule has 0 amide bonds. The van der Waals surface area contributed by atoms with E-state index in [-0.39, 0.29) is 11.0 Å². The summed E-state index contributed by atoms with van der Waals surface area (Å²) in [4.78, 5) is 18.5. The number of morpholine rings is 1. The number of hydrogen-bond donors (Lipinski definition) is 1. The van der Waals surface area contributed by atoms with Crippen LogP contribution in [-0.2, 0) is 4.74 Å². The lowest BCUT2D eigenvalue weighted by atomic mass is 10.1. The average molecular weight is 389 g/mol. The fourth-order valence-electron chi connectivity index (χ4n) is 3.13. The van der Waals surface area contributed by atoms with E-state index in [1.807, 2.05) is 38.1 Å². The van der Waals surface area contributed by atoms with Crippen molar-refractivity contribution >= 4 is 44.9 Å². The zero-order valence-corrected chi connectivity index (χ0v) is 16.3. The van der Waals surface area contributed by atoms with Gasteiger partial charge in [-0.1, -0.05) is 41.3 Å². The summed E-state index contributed by atoms with van der Waals surface area (Å²) in [6.07, 6.45) is 0. The maximum Gasteiger partial charge on any atom is 0.209 e. The van der Waals surface area contributed by atoms with Crippen LogP contribution in [0.4, 0.5) is 5.13 Å². The Morgan fingerprint density at radius 3 is 2.88 bits per heavy atom. The molecule has 136 valence electrons. The highest BCUT2D eigenvalue weighted by Crippen LogP contribution is 2.34. The van der Waals surface area contributed by atoms with Crippen molar-refractivity contribution in [3.63, 3.8) is 0 Å². The van der Waals surface area contributed by atoms with Crippen LogP contribution >= 0.6 is 23.1 Å². The molecule has 1 aromatic carbocycles. The standard InChI is InChI=1S/C18H20N4O2S2/c1-11-15(13-5-3-4-6-14(13)19-11)16(23)12(2)25-18-21-20-17(26-18)22-7-9-24-10-8-22/h3-6,12,19H,7-10H2,1-2H3/t12-/m0/s1. The molecular formula is C18H20N4O2S2. The van der Waals surface area contributed by atoms with Crippen molar-refractivity contribution in [2.24, 2.45) is 0 Å². The first-order chi connectivity index (χ1) is 12.6. The third-order valence-electron chi connectivity index (χ3n) is 4.46. The highest BCUT2D eigenvalue weighted by molar-refractivity contribution is 8.02. The number of aromatic amines is 1. The predicted molar refractivity (Wildman–Crippen MR) is 106 cm³/mol. The molecule has 0 spiro atoms. The number of benzene rings is 1. The minimum absolute atomic E-state index is 0.119. The van der Waals surface area contributed by atoms with Crippen LogP contribution in [0, 0.1) is 6.92 Å². The van der Waals surface area contributed by atoms with Crippen molar-refractivity contribution in [1.82, 2.24) is 15.2 Å². The Labute approximate surface area is 159 Å². The maximum atomic E-state index is 13.0. The van der Waals surface area contributed by atoms with Crippen molar-refractivity contribution < 1.29 is 9.53 Å². The van der Waals surface area contributed by atoms with Gasteiger partial charge in [-0.25, -0.2) is 0 Å². The molecule has 8 heteroatoms. The third-order valence-corrected chi connectivity index (χ3v) is 6.63.